The van der Waals surface area contributed by atoms with E-state index < -0.39 is 0 Å². The van der Waals surface area contributed by atoms with Crippen LogP contribution in [0.15, 0.2) is 71.9 Å². The van der Waals surface area contributed by atoms with Gasteiger partial charge in [-0.05, 0) is 66.2 Å². The van der Waals surface area contributed by atoms with Crippen LogP contribution < -0.4 is 4.74 Å². The lowest BCUT2D eigenvalue weighted by Gasteiger charge is -2.11. The van der Waals surface area contributed by atoms with Crippen molar-refractivity contribution in [3.8, 4) is 22.8 Å². The Morgan fingerprint density at radius 3 is 2.33 bits per heavy atom. The summed E-state index contributed by atoms with van der Waals surface area (Å²) in [6, 6.07) is 19.3. The molecule has 1 aromatic heterocycles. The molecule has 0 fully saturated rings. The van der Waals surface area contributed by atoms with Crippen LogP contribution in [0.1, 0.15) is 5.56 Å². The standard InChI is InChI=1S/C22H16Cl2FN3OS/c1-29-18-9-7-17(8-10-18)28-21(15-3-5-16(25)6-4-15)26-27-22(28)30-13-14-2-11-19(23)20(24)12-14/h2-12H,13H2,1H3. The Balaban J connectivity index is 1.71. The first-order valence-electron chi connectivity index (χ1n) is 8.97. The van der Waals surface area contributed by atoms with E-state index in [1.165, 1.54) is 23.9 Å². The molecule has 0 saturated carbocycles. The molecule has 0 amide bonds. The third-order valence-corrected chi connectivity index (χ3v) is 6.16. The molecule has 4 rings (SSSR count). The average molecular weight is 460 g/mol. The van der Waals surface area contributed by atoms with Crippen molar-refractivity contribution in [3.05, 3.63) is 88.2 Å². The summed E-state index contributed by atoms with van der Waals surface area (Å²) in [5.41, 5.74) is 2.65. The van der Waals surface area contributed by atoms with E-state index in [0.29, 0.717) is 26.8 Å². The van der Waals surface area contributed by atoms with Crippen molar-refractivity contribution >= 4 is 35.0 Å². The number of hydrogen-bond donors (Lipinski definition) is 0. The van der Waals surface area contributed by atoms with Crippen LogP contribution in [0.25, 0.3) is 17.1 Å². The second-order valence-corrected chi connectivity index (χ2v) is 8.14. The summed E-state index contributed by atoms with van der Waals surface area (Å²) < 4.78 is 20.6. The molecule has 0 bridgehead atoms. The topological polar surface area (TPSA) is 39.9 Å². The van der Waals surface area contributed by atoms with Crippen LogP contribution in [-0.2, 0) is 5.75 Å². The largest absolute Gasteiger partial charge is 0.497 e. The number of hydrogen-bond acceptors (Lipinski definition) is 4. The van der Waals surface area contributed by atoms with Gasteiger partial charge in [0, 0.05) is 17.0 Å². The van der Waals surface area contributed by atoms with Crippen molar-refractivity contribution in [2.75, 3.05) is 7.11 Å². The molecule has 4 nitrogen and oxygen atoms in total. The summed E-state index contributed by atoms with van der Waals surface area (Å²) in [7, 11) is 1.62. The van der Waals surface area contributed by atoms with Crippen LogP contribution in [0.2, 0.25) is 10.0 Å². The van der Waals surface area contributed by atoms with Gasteiger partial charge in [0.1, 0.15) is 11.6 Å². The zero-order valence-corrected chi connectivity index (χ0v) is 18.2. The molecule has 8 heteroatoms. The van der Waals surface area contributed by atoms with Crippen LogP contribution in [0.5, 0.6) is 5.75 Å². The van der Waals surface area contributed by atoms with E-state index in [9.17, 15) is 4.39 Å². The lowest BCUT2D eigenvalue weighted by Crippen LogP contribution is -2.00. The van der Waals surface area contributed by atoms with Crippen molar-refractivity contribution in [2.24, 2.45) is 0 Å². The number of benzene rings is 3. The Morgan fingerprint density at radius 2 is 1.67 bits per heavy atom. The first kappa shape index (κ1) is 20.7. The molecule has 152 valence electrons. The molecule has 0 unspecified atom stereocenters. The number of thioether (sulfide) groups is 1. The normalized spacial score (nSPS) is 10.9. The lowest BCUT2D eigenvalue weighted by atomic mass is 10.2. The van der Waals surface area contributed by atoms with E-state index >= 15 is 0 Å². The van der Waals surface area contributed by atoms with E-state index in [2.05, 4.69) is 10.2 Å². The fourth-order valence-electron chi connectivity index (χ4n) is 2.89. The minimum atomic E-state index is -0.302. The predicted molar refractivity (Wildman–Crippen MR) is 119 cm³/mol. The van der Waals surface area contributed by atoms with Crippen LogP contribution in [0.4, 0.5) is 4.39 Å². The van der Waals surface area contributed by atoms with Crippen LogP contribution in [0, 0.1) is 5.82 Å². The van der Waals surface area contributed by atoms with Crippen molar-refractivity contribution in [3.63, 3.8) is 0 Å². The summed E-state index contributed by atoms with van der Waals surface area (Å²) in [5.74, 6) is 1.70. The summed E-state index contributed by atoms with van der Waals surface area (Å²) in [6.07, 6.45) is 0. The molecule has 0 N–H and O–H groups in total. The molecular weight excluding hydrogens is 444 g/mol. The average Bonchev–Trinajstić information content (AvgIpc) is 3.19. The maximum absolute atomic E-state index is 13.4. The highest BCUT2D eigenvalue weighted by molar-refractivity contribution is 7.98. The van der Waals surface area contributed by atoms with Crippen LogP contribution in [0.3, 0.4) is 0 Å². The van der Waals surface area contributed by atoms with Gasteiger partial charge in [0.25, 0.3) is 0 Å². The Kier molecular flexibility index (Phi) is 6.27. The molecule has 0 aliphatic carbocycles. The Morgan fingerprint density at radius 1 is 0.933 bits per heavy atom. The molecule has 1 heterocycles. The third-order valence-electron chi connectivity index (χ3n) is 4.42. The fourth-order valence-corrected chi connectivity index (χ4v) is 4.11. The van der Waals surface area contributed by atoms with Gasteiger partial charge in [0.2, 0.25) is 0 Å². The number of halogens is 3. The number of aromatic nitrogens is 3. The molecule has 0 saturated heterocycles. The Bertz CT molecular complexity index is 1160. The molecule has 4 aromatic rings. The summed E-state index contributed by atoms with van der Waals surface area (Å²) in [4.78, 5) is 0. The monoisotopic (exact) mass is 459 g/mol. The van der Waals surface area contributed by atoms with Gasteiger partial charge in [-0.3, -0.25) is 4.57 Å². The maximum atomic E-state index is 13.4. The van der Waals surface area contributed by atoms with Gasteiger partial charge in [-0.1, -0.05) is 41.0 Å². The van der Waals surface area contributed by atoms with Crippen molar-refractivity contribution in [1.82, 2.24) is 14.8 Å². The van der Waals surface area contributed by atoms with Gasteiger partial charge in [-0.15, -0.1) is 10.2 Å². The minimum Gasteiger partial charge on any atom is -0.497 e. The van der Waals surface area contributed by atoms with E-state index in [-0.39, 0.29) is 5.82 Å². The van der Waals surface area contributed by atoms with Gasteiger partial charge in [0.05, 0.1) is 17.2 Å². The van der Waals surface area contributed by atoms with Crippen LogP contribution in [-0.4, -0.2) is 21.9 Å². The van der Waals surface area contributed by atoms with Crippen molar-refractivity contribution < 1.29 is 9.13 Å². The summed E-state index contributed by atoms with van der Waals surface area (Å²) in [6.45, 7) is 0. The van der Waals surface area contributed by atoms with E-state index in [4.69, 9.17) is 27.9 Å². The molecule has 0 spiro atoms. The zero-order chi connectivity index (χ0) is 21.1. The highest BCUT2D eigenvalue weighted by Gasteiger charge is 2.17. The van der Waals surface area contributed by atoms with Crippen molar-refractivity contribution in [1.29, 1.82) is 0 Å². The van der Waals surface area contributed by atoms with Crippen LogP contribution >= 0.6 is 35.0 Å². The van der Waals surface area contributed by atoms with Gasteiger partial charge >= 0.3 is 0 Å². The second-order valence-electron chi connectivity index (χ2n) is 6.38. The predicted octanol–water partition coefficient (Wildman–Crippen LogP) is 6.68. The quantitative estimate of drug-likeness (QED) is 0.301. The first-order chi connectivity index (χ1) is 14.5. The summed E-state index contributed by atoms with van der Waals surface area (Å²) in [5, 5.41) is 10.5. The van der Waals surface area contributed by atoms with Gasteiger partial charge in [-0.25, -0.2) is 4.39 Å². The Hall–Kier alpha value is -2.54. The molecule has 0 aliphatic rings. The molecule has 0 radical (unpaired) electrons. The summed E-state index contributed by atoms with van der Waals surface area (Å²) >= 11 is 13.7. The SMILES string of the molecule is COc1ccc(-n2c(SCc3ccc(Cl)c(Cl)c3)nnc2-c2ccc(F)cc2)cc1. The molecular formula is C22H16Cl2FN3OS. The molecule has 0 aliphatic heterocycles. The minimum absolute atomic E-state index is 0.302. The Labute approximate surface area is 187 Å². The molecule has 3 aromatic carbocycles. The molecule has 30 heavy (non-hydrogen) atoms. The van der Waals surface area contributed by atoms with Gasteiger partial charge in [-0.2, -0.15) is 0 Å². The maximum Gasteiger partial charge on any atom is 0.196 e. The highest BCUT2D eigenvalue weighted by atomic mass is 35.5. The van der Waals surface area contributed by atoms with E-state index in [0.717, 1.165) is 22.6 Å². The van der Waals surface area contributed by atoms with Gasteiger partial charge in [0.15, 0.2) is 11.0 Å². The van der Waals surface area contributed by atoms with Gasteiger partial charge < -0.3 is 4.74 Å². The number of methoxy groups -OCH3 is 1. The van der Waals surface area contributed by atoms with Crippen molar-refractivity contribution in [2.45, 2.75) is 10.9 Å². The third kappa shape index (κ3) is 4.46. The molecule has 0 atom stereocenters. The first-order valence-corrected chi connectivity index (χ1v) is 10.7. The number of rotatable bonds is 6. The van der Waals surface area contributed by atoms with E-state index in [1.807, 2.05) is 41.0 Å². The number of ether oxygens (including phenoxy) is 1. The fraction of sp³-hybridized carbons (Fsp3) is 0.0909. The lowest BCUT2D eigenvalue weighted by molar-refractivity contribution is 0.414. The highest BCUT2D eigenvalue weighted by Crippen LogP contribution is 2.32. The zero-order valence-electron chi connectivity index (χ0n) is 15.8. The van der Waals surface area contributed by atoms with E-state index in [1.54, 1.807) is 25.3 Å². The smallest absolute Gasteiger partial charge is 0.196 e. The second kappa shape index (κ2) is 9.08. The number of nitrogens with zero attached hydrogens (tertiary/aromatic N) is 3.